The average Bonchev–Trinajstić information content (AvgIpc) is 3.09. The summed E-state index contributed by atoms with van der Waals surface area (Å²) in [5, 5.41) is 9.54. The maximum Gasteiger partial charge on any atom is 0.306 e. The van der Waals surface area contributed by atoms with Crippen LogP contribution in [0.4, 0.5) is 0 Å². The minimum atomic E-state index is -0.808. The standard InChI is InChI=1S/C43H70O5/c1-3-5-7-9-11-13-15-17-19-20-21-22-24-26-28-30-32-34-36-38-43(46)48-41(39-44)40-47-42(45)37-35-33-31-29-27-25-23-18-16-14-12-10-8-6-4-2/h11-14,17-19,21-23,26-29,41,44H,3-10,15-16,20,24-25,30-40H2,1-2H3. The van der Waals surface area contributed by atoms with E-state index >= 15 is 0 Å². The lowest BCUT2D eigenvalue weighted by molar-refractivity contribution is -0.161. The number of hydrogen-bond donors (Lipinski definition) is 1. The molecule has 272 valence electrons. The molecule has 1 unspecified atom stereocenters. The quantitative estimate of drug-likeness (QED) is 0.0429. The van der Waals surface area contributed by atoms with Gasteiger partial charge in [-0.3, -0.25) is 9.59 Å². The third-order valence-electron chi connectivity index (χ3n) is 7.66. The van der Waals surface area contributed by atoms with Gasteiger partial charge in [0.15, 0.2) is 6.10 Å². The van der Waals surface area contributed by atoms with E-state index in [9.17, 15) is 14.7 Å². The highest BCUT2D eigenvalue weighted by atomic mass is 16.6. The van der Waals surface area contributed by atoms with Gasteiger partial charge in [0.2, 0.25) is 0 Å². The molecule has 5 nitrogen and oxygen atoms in total. The molecule has 0 rings (SSSR count). The van der Waals surface area contributed by atoms with Crippen LogP contribution >= 0.6 is 0 Å². The molecule has 1 N–H and O–H groups in total. The van der Waals surface area contributed by atoms with Crippen LogP contribution in [0.5, 0.6) is 0 Å². The highest BCUT2D eigenvalue weighted by molar-refractivity contribution is 5.70. The largest absolute Gasteiger partial charge is 0.462 e. The number of carbonyl (C=O) groups is 2. The highest BCUT2D eigenvalue weighted by Gasteiger charge is 2.16. The Hall–Kier alpha value is -2.92. The Morgan fingerprint density at radius 1 is 0.479 bits per heavy atom. The third kappa shape index (κ3) is 35.9. The van der Waals surface area contributed by atoms with Gasteiger partial charge in [0, 0.05) is 12.8 Å². The van der Waals surface area contributed by atoms with E-state index in [1.54, 1.807) is 0 Å². The van der Waals surface area contributed by atoms with E-state index < -0.39 is 6.10 Å². The van der Waals surface area contributed by atoms with Crippen molar-refractivity contribution in [3.8, 4) is 0 Å². The van der Waals surface area contributed by atoms with Gasteiger partial charge in [-0.05, 0) is 96.3 Å². The zero-order valence-electron chi connectivity index (χ0n) is 30.7. The van der Waals surface area contributed by atoms with Crippen LogP contribution in [0.3, 0.4) is 0 Å². The number of aliphatic hydroxyl groups is 1. The zero-order chi connectivity index (χ0) is 35.0. The van der Waals surface area contributed by atoms with Crippen LogP contribution in [0.25, 0.3) is 0 Å². The van der Waals surface area contributed by atoms with Gasteiger partial charge in [-0.2, -0.15) is 0 Å². The lowest BCUT2D eigenvalue weighted by Gasteiger charge is -2.15. The Kier molecular flexibility index (Phi) is 36.2. The van der Waals surface area contributed by atoms with E-state index in [0.29, 0.717) is 12.8 Å². The molecule has 1 atom stereocenters. The van der Waals surface area contributed by atoms with Crippen molar-refractivity contribution in [3.05, 3.63) is 85.1 Å². The van der Waals surface area contributed by atoms with E-state index in [4.69, 9.17) is 9.47 Å². The van der Waals surface area contributed by atoms with Crippen LogP contribution in [0.1, 0.15) is 155 Å². The maximum absolute atomic E-state index is 12.2. The van der Waals surface area contributed by atoms with Crippen LogP contribution in [0.15, 0.2) is 85.1 Å². The molecule has 0 radical (unpaired) electrons. The molecule has 0 aliphatic heterocycles. The Bertz CT molecular complexity index is 937. The first-order valence-electron chi connectivity index (χ1n) is 19.1. The number of esters is 2. The topological polar surface area (TPSA) is 72.8 Å². The molecule has 0 aromatic carbocycles. The molecular formula is C43H70O5. The zero-order valence-corrected chi connectivity index (χ0v) is 30.7. The van der Waals surface area contributed by atoms with Crippen LogP contribution in [0.2, 0.25) is 0 Å². The minimum Gasteiger partial charge on any atom is -0.462 e. The molecule has 0 amide bonds. The van der Waals surface area contributed by atoms with Crippen molar-refractivity contribution in [3.63, 3.8) is 0 Å². The first-order chi connectivity index (χ1) is 23.6. The van der Waals surface area contributed by atoms with Crippen molar-refractivity contribution < 1.29 is 24.2 Å². The van der Waals surface area contributed by atoms with Crippen molar-refractivity contribution in [2.24, 2.45) is 0 Å². The predicted molar refractivity (Wildman–Crippen MR) is 205 cm³/mol. The number of carbonyl (C=O) groups excluding carboxylic acids is 2. The molecule has 0 aromatic heterocycles. The number of aliphatic hydroxyl groups excluding tert-OH is 1. The fraction of sp³-hybridized carbons (Fsp3) is 0.628. The average molecular weight is 667 g/mol. The van der Waals surface area contributed by atoms with E-state index in [0.717, 1.165) is 77.0 Å². The molecule has 0 bridgehead atoms. The lowest BCUT2D eigenvalue weighted by Crippen LogP contribution is -2.28. The van der Waals surface area contributed by atoms with E-state index in [1.165, 1.54) is 51.4 Å². The minimum absolute atomic E-state index is 0.104. The Morgan fingerprint density at radius 2 is 0.833 bits per heavy atom. The van der Waals surface area contributed by atoms with Crippen LogP contribution in [-0.4, -0.2) is 36.4 Å². The summed E-state index contributed by atoms with van der Waals surface area (Å²) in [5.74, 6) is -0.681. The summed E-state index contributed by atoms with van der Waals surface area (Å²) >= 11 is 0. The fourth-order valence-corrected chi connectivity index (χ4v) is 4.72. The Morgan fingerprint density at radius 3 is 1.25 bits per heavy atom. The molecule has 0 heterocycles. The summed E-state index contributed by atoms with van der Waals surface area (Å²) in [4.78, 5) is 24.2. The van der Waals surface area contributed by atoms with Crippen molar-refractivity contribution in [2.45, 2.75) is 161 Å². The second-order valence-electron chi connectivity index (χ2n) is 12.3. The first-order valence-corrected chi connectivity index (χ1v) is 19.1. The fourth-order valence-electron chi connectivity index (χ4n) is 4.72. The molecule has 48 heavy (non-hydrogen) atoms. The van der Waals surface area contributed by atoms with Gasteiger partial charge in [-0.1, -0.05) is 131 Å². The highest BCUT2D eigenvalue weighted by Crippen LogP contribution is 2.08. The normalized spacial score (nSPS) is 13.1. The SMILES string of the molecule is CCCCCC=CCC=CCC=CCC=CCCCCCC(=O)OC(CO)COC(=O)CCCCC=CCC=CCC=CCCCCC. The second kappa shape index (κ2) is 38.5. The summed E-state index contributed by atoms with van der Waals surface area (Å²) in [7, 11) is 0. The van der Waals surface area contributed by atoms with Crippen LogP contribution in [0, 0.1) is 0 Å². The molecule has 0 spiro atoms. The smallest absolute Gasteiger partial charge is 0.306 e. The predicted octanol–water partition coefficient (Wildman–Crippen LogP) is 11.9. The lowest BCUT2D eigenvalue weighted by atomic mass is 10.1. The molecule has 0 aliphatic carbocycles. The maximum atomic E-state index is 12.2. The van der Waals surface area contributed by atoms with Gasteiger partial charge in [0.1, 0.15) is 6.61 Å². The van der Waals surface area contributed by atoms with Gasteiger partial charge in [0.25, 0.3) is 0 Å². The molecule has 0 saturated carbocycles. The third-order valence-corrected chi connectivity index (χ3v) is 7.66. The van der Waals surface area contributed by atoms with Gasteiger partial charge >= 0.3 is 11.9 Å². The van der Waals surface area contributed by atoms with E-state index in [1.807, 2.05) is 0 Å². The number of rotatable bonds is 33. The summed E-state index contributed by atoms with van der Waals surface area (Å²) in [6.07, 6.45) is 52.1. The van der Waals surface area contributed by atoms with Crippen LogP contribution in [-0.2, 0) is 19.1 Å². The van der Waals surface area contributed by atoms with Crippen molar-refractivity contribution in [2.75, 3.05) is 13.2 Å². The monoisotopic (exact) mass is 667 g/mol. The van der Waals surface area contributed by atoms with Gasteiger partial charge in [-0.15, -0.1) is 0 Å². The number of ether oxygens (including phenoxy) is 2. The molecule has 5 heteroatoms. The number of allylic oxidation sites excluding steroid dienone is 14. The van der Waals surface area contributed by atoms with Crippen molar-refractivity contribution in [1.82, 2.24) is 0 Å². The van der Waals surface area contributed by atoms with Gasteiger partial charge in [-0.25, -0.2) is 0 Å². The van der Waals surface area contributed by atoms with Crippen molar-refractivity contribution in [1.29, 1.82) is 0 Å². The molecule has 0 saturated heterocycles. The number of hydrogen-bond acceptors (Lipinski definition) is 5. The van der Waals surface area contributed by atoms with Gasteiger partial charge in [0.05, 0.1) is 6.61 Å². The number of unbranched alkanes of at least 4 members (excludes halogenated alkanes) is 11. The molecular weight excluding hydrogens is 596 g/mol. The second-order valence-corrected chi connectivity index (χ2v) is 12.3. The molecule has 0 aliphatic rings. The molecule has 0 aromatic rings. The summed E-state index contributed by atoms with van der Waals surface area (Å²) in [5.41, 5.74) is 0. The van der Waals surface area contributed by atoms with Gasteiger partial charge < -0.3 is 14.6 Å². The molecule has 0 fully saturated rings. The van der Waals surface area contributed by atoms with Crippen molar-refractivity contribution >= 4 is 11.9 Å². The Labute approximate surface area is 295 Å². The summed E-state index contributed by atoms with van der Waals surface area (Å²) < 4.78 is 10.5. The van der Waals surface area contributed by atoms with E-state index in [-0.39, 0.29) is 25.2 Å². The summed E-state index contributed by atoms with van der Waals surface area (Å²) in [6, 6.07) is 0. The first kappa shape index (κ1) is 45.1. The van der Waals surface area contributed by atoms with E-state index in [2.05, 4.69) is 98.9 Å². The Balaban J connectivity index is 3.74. The summed E-state index contributed by atoms with van der Waals surface area (Å²) in [6.45, 7) is 4.00. The van der Waals surface area contributed by atoms with Crippen LogP contribution < -0.4 is 0 Å².